The molecule has 29 heavy (non-hydrogen) atoms. The van der Waals surface area contributed by atoms with E-state index in [2.05, 4.69) is 15.0 Å². The summed E-state index contributed by atoms with van der Waals surface area (Å²) in [5, 5.41) is 14.7. The second kappa shape index (κ2) is 8.13. The first kappa shape index (κ1) is 20.7. The van der Waals surface area contributed by atoms with Crippen LogP contribution in [0, 0.1) is 0 Å². The van der Waals surface area contributed by atoms with Crippen LogP contribution in [0.3, 0.4) is 0 Å². The van der Waals surface area contributed by atoms with Gasteiger partial charge in [0.2, 0.25) is 0 Å². The zero-order valence-corrected chi connectivity index (χ0v) is 16.2. The quantitative estimate of drug-likeness (QED) is 0.308. The van der Waals surface area contributed by atoms with E-state index < -0.39 is 41.5 Å². The van der Waals surface area contributed by atoms with E-state index >= 15 is 0 Å². The number of carbonyl (C=O) groups excluding carboxylic acids is 3. The van der Waals surface area contributed by atoms with Crippen LogP contribution in [0.25, 0.3) is 0 Å². The summed E-state index contributed by atoms with van der Waals surface area (Å²) in [7, 11) is 1.23. The molecule has 1 aromatic heterocycles. The maximum absolute atomic E-state index is 12.8. The molecule has 3 rings (SSSR count). The number of aromatic nitrogens is 1. The normalized spacial score (nSPS) is 23.2. The lowest BCUT2D eigenvalue weighted by atomic mass is 9.98. The van der Waals surface area contributed by atoms with Crippen LogP contribution in [0.2, 0.25) is 0 Å². The van der Waals surface area contributed by atoms with E-state index in [0.29, 0.717) is 0 Å². The number of amides is 2. The molecule has 0 spiro atoms. The number of aliphatic carboxylic acids is 1. The summed E-state index contributed by atoms with van der Waals surface area (Å²) in [4.78, 5) is 48.8. The van der Waals surface area contributed by atoms with E-state index in [1.54, 1.807) is 0 Å². The summed E-state index contributed by atoms with van der Waals surface area (Å²) in [6.45, 7) is 0.487. The maximum atomic E-state index is 12.8. The van der Waals surface area contributed by atoms with Gasteiger partial charge in [-0.05, 0) is 5.16 Å². The fourth-order valence-electron chi connectivity index (χ4n) is 2.90. The number of hydrogen-bond acceptors (Lipinski definition) is 10. The topological polar surface area (TPSA) is 157 Å². The Balaban J connectivity index is 1.75. The van der Waals surface area contributed by atoms with Crippen LogP contribution in [0.5, 0.6) is 5.88 Å². The highest BCUT2D eigenvalue weighted by Crippen LogP contribution is 2.46. The third-order valence-corrected chi connectivity index (χ3v) is 5.55. The molecule has 156 valence electrons. The van der Waals surface area contributed by atoms with Gasteiger partial charge < -0.3 is 29.2 Å². The molecule has 2 aliphatic heterocycles. The lowest BCUT2D eigenvalue weighted by Crippen LogP contribution is -2.81. The number of fused-ring (bicyclic) bond motifs is 1. The molecule has 0 aliphatic carbocycles. The van der Waals surface area contributed by atoms with Crippen molar-refractivity contribution in [1.82, 2.24) is 15.4 Å². The van der Waals surface area contributed by atoms with Crippen molar-refractivity contribution in [3.8, 4) is 5.88 Å². The van der Waals surface area contributed by atoms with E-state index in [1.807, 2.05) is 0 Å². The van der Waals surface area contributed by atoms with Crippen molar-refractivity contribution in [2.24, 2.45) is 0 Å². The van der Waals surface area contributed by atoms with Crippen LogP contribution in [0.4, 0.5) is 0 Å². The molecule has 13 heteroatoms. The number of carboxylic acid groups (broad SMARTS) is 1. The number of hydrogen-bond donors (Lipinski definition) is 2. The molecule has 2 atom stereocenters. The summed E-state index contributed by atoms with van der Waals surface area (Å²) >= 11 is 1.17. The van der Waals surface area contributed by atoms with Gasteiger partial charge in [0.25, 0.3) is 23.4 Å². The average molecular weight is 427 g/mol. The number of nitrogens with one attached hydrogen (secondary N) is 1. The van der Waals surface area contributed by atoms with Crippen LogP contribution in [0.1, 0.15) is 6.92 Å². The fourth-order valence-corrected chi connectivity index (χ4v) is 4.32. The van der Waals surface area contributed by atoms with Crippen molar-refractivity contribution in [2.75, 3.05) is 26.1 Å². The third-order valence-electron chi connectivity index (χ3n) is 4.17. The monoisotopic (exact) mass is 427 g/mol. The molecule has 1 fully saturated rings. The Labute approximate surface area is 168 Å². The predicted molar refractivity (Wildman–Crippen MR) is 94.3 cm³/mol. The first-order valence-electron chi connectivity index (χ1n) is 8.23. The maximum Gasteiger partial charge on any atom is 0.352 e. The van der Waals surface area contributed by atoms with E-state index in [0.717, 1.165) is 4.90 Å². The molecule has 0 saturated carbocycles. The van der Waals surface area contributed by atoms with Gasteiger partial charge in [0.1, 0.15) is 23.9 Å². The van der Waals surface area contributed by atoms with Gasteiger partial charge in [-0.3, -0.25) is 19.3 Å². The number of carbonyl (C=O) groups is 4. The van der Waals surface area contributed by atoms with Gasteiger partial charge in [0.15, 0.2) is 6.61 Å². The molecule has 0 unspecified atom stereocenters. The van der Waals surface area contributed by atoms with Crippen LogP contribution in [-0.2, 0) is 28.7 Å². The number of nitrogens with zero attached hydrogens (tertiary/aromatic N) is 2. The van der Waals surface area contributed by atoms with E-state index in [1.165, 1.54) is 38.1 Å². The first-order chi connectivity index (χ1) is 13.8. The average Bonchev–Trinajstić information content (AvgIpc) is 3.21. The Morgan fingerprint density at radius 3 is 2.83 bits per heavy atom. The van der Waals surface area contributed by atoms with E-state index in [-0.39, 0.29) is 29.5 Å². The molecule has 1 aromatic rings. The number of ether oxygens (including phenoxy) is 3. The van der Waals surface area contributed by atoms with Gasteiger partial charge in [-0.2, -0.15) is 0 Å². The van der Waals surface area contributed by atoms with Gasteiger partial charge in [-0.15, -0.1) is 11.8 Å². The summed E-state index contributed by atoms with van der Waals surface area (Å²) in [5.41, 5.74) is -1.77. The van der Waals surface area contributed by atoms with Crippen LogP contribution >= 0.6 is 11.8 Å². The molecule has 0 bridgehead atoms. The molecule has 1 saturated heterocycles. The minimum Gasteiger partial charge on any atom is -0.477 e. The lowest BCUT2D eigenvalue weighted by molar-refractivity contribution is -0.193. The molecular formula is C16H17N3O9S. The highest BCUT2D eigenvalue weighted by Gasteiger charge is 2.66. The SMILES string of the molecule is CO[C@@]1(NC(=O)COc2ccon2)C(=O)N2C(C(=O)O)=C(COC(C)=O)CS[C@@H]21. The number of thioether (sulfide) groups is 1. The smallest absolute Gasteiger partial charge is 0.352 e. The Kier molecular flexibility index (Phi) is 5.79. The molecule has 12 nitrogen and oxygen atoms in total. The second-order valence-electron chi connectivity index (χ2n) is 5.99. The minimum absolute atomic E-state index is 0.0893. The number of methoxy groups -OCH3 is 1. The molecule has 2 N–H and O–H groups in total. The van der Waals surface area contributed by atoms with Crippen molar-refractivity contribution in [3.63, 3.8) is 0 Å². The number of carboxylic acids is 1. The second-order valence-corrected chi connectivity index (χ2v) is 7.06. The third kappa shape index (κ3) is 3.78. The zero-order valence-electron chi connectivity index (χ0n) is 15.4. The van der Waals surface area contributed by atoms with Gasteiger partial charge in [-0.25, -0.2) is 4.79 Å². The lowest BCUT2D eigenvalue weighted by Gasteiger charge is -2.55. The molecular weight excluding hydrogens is 410 g/mol. The van der Waals surface area contributed by atoms with E-state index in [4.69, 9.17) is 14.2 Å². The highest BCUT2D eigenvalue weighted by atomic mass is 32.2. The molecule has 0 aromatic carbocycles. The minimum atomic E-state index is -1.75. The highest BCUT2D eigenvalue weighted by molar-refractivity contribution is 8.00. The van der Waals surface area contributed by atoms with Crippen molar-refractivity contribution in [2.45, 2.75) is 18.0 Å². The number of β-lactam (4-membered cyclic amide) rings is 1. The fraction of sp³-hybridized carbons (Fsp3) is 0.438. The zero-order chi connectivity index (χ0) is 21.2. The van der Waals surface area contributed by atoms with Gasteiger partial charge >= 0.3 is 11.9 Å². The van der Waals surface area contributed by atoms with Crippen LogP contribution < -0.4 is 10.1 Å². The van der Waals surface area contributed by atoms with Gasteiger partial charge in [-0.1, -0.05) is 0 Å². The molecule has 0 radical (unpaired) electrons. The first-order valence-corrected chi connectivity index (χ1v) is 9.28. The number of rotatable bonds is 8. The van der Waals surface area contributed by atoms with Gasteiger partial charge in [0.05, 0.1) is 0 Å². The Morgan fingerprint density at radius 2 is 2.24 bits per heavy atom. The van der Waals surface area contributed by atoms with Gasteiger partial charge in [0, 0.05) is 31.4 Å². The largest absolute Gasteiger partial charge is 0.477 e. The van der Waals surface area contributed by atoms with Crippen LogP contribution in [0.15, 0.2) is 28.1 Å². The Morgan fingerprint density at radius 1 is 1.48 bits per heavy atom. The molecule has 3 heterocycles. The van der Waals surface area contributed by atoms with Crippen molar-refractivity contribution >= 4 is 35.5 Å². The van der Waals surface area contributed by atoms with E-state index in [9.17, 15) is 24.3 Å². The van der Waals surface area contributed by atoms with Crippen molar-refractivity contribution < 1.29 is 43.0 Å². The Bertz CT molecular complexity index is 869. The molecule has 2 amide bonds. The van der Waals surface area contributed by atoms with Crippen LogP contribution in [-0.4, -0.2) is 76.1 Å². The van der Waals surface area contributed by atoms with Crippen molar-refractivity contribution in [3.05, 3.63) is 23.6 Å². The summed E-state index contributed by atoms with van der Waals surface area (Å²) < 4.78 is 19.9. The molecule has 2 aliphatic rings. The summed E-state index contributed by atoms with van der Waals surface area (Å²) in [5.74, 6) is -3.10. The predicted octanol–water partition coefficient (Wildman–Crippen LogP) is -0.671. The standard InChI is InChI=1S/C16H17N3O9S/c1-8(20)26-5-9-7-29-15-16(25-2,14(24)19(15)12(9)13(22)23)17-10(21)6-27-11-3-4-28-18-11/h3-4,15H,5-7H2,1-2H3,(H,17,21)(H,22,23)/t15-,16+/m1/s1. The number of esters is 1. The summed E-state index contributed by atoms with van der Waals surface area (Å²) in [6, 6.07) is 1.40. The summed E-state index contributed by atoms with van der Waals surface area (Å²) in [6.07, 6.45) is 1.27. The van der Waals surface area contributed by atoms with Crippen molar-refractivity contribution in [1.29, 1.82) is 0 Å². The Hall–Kier alpha value is -3.06.